The molecule has 0 unspecified atom stereocenters. The van der Waals surface area contributed by atoms with Crippen molar-refractivity contribution in [1.29, 1.82) is 0 Å². The number of nitrogens with one attached hydrogen (secondary N) is 1. The van der Waals surface area contributed by atoms with Crippen molar-refractivity contribution in [2.45, 2.75) is 6.92 Å². The van der Waals surface area contributed by atoms with E-state index in [1.165, 1.54) is 30.4 Å². The van der Waals surface area contributed by atoms with E-state index in [1.54, 1.807) is 25.1 Å². The van der Waals surface area contributed by atoms with Crippen LogP contribution in [0.25, 0.3) is 11.1 Å². The lowest BCUT2D eigenvalue weighted by Crippen LogP contribution is -2.15. The molecule has 1 aliphatic rings. The Bertz CT molecular complexity index is 2070. The molecule has 14 heteroatoms. The number of hydrogen-bond acceptors (Lipinski definition) is 11. The number of anilines is 3. The zero-order valence-electron chi connectivity index (χ0n) is 24.5. The third kappa shape index (κ3) is 7.44. The number of ketones is 1. The lowest BCUT2D eigenvalue weighted by molar-refractivity contribution is -0.134. The summed E-state index contributed by atoms with van der Waals surface area (Å²) in [6.07, 6.45) is 3.80. The van der Waals surface area contributed by atoms with E-state index in [2.05, 4.69) is 31.0 Å². The Hall–Kier alpha value is -6.47. The molecule has 234 valence electrons. The Morgan fingerprint density at radius 3 is 2.09 bits per heavy atom. The van der Waals surface area contributed by atoms with Crippen LogP contribution < -0.4 is 16.9 Å². The summed E-state index contributed by atoms with van der Waals surface area (Å²) in [5.74, 6) is -3.03. The molecule has 0 saturated carbocycles. The highest BCUT2D eigenvalue weighted by Gasteiger charge is 2.19. The molecule has 0 spiro atoms. The minimum absolute atomic E-state index is 0.00163. The number of carbonyl (C=O) groups excluding carboxylic acids is 1. The van der Waals surface area contributed by atoms with E-state index in [1.807, 2.05) is 36.4 Å². The minimum Gasteiger partial charge on any atom is -0.478 e. The fraction of sp³-hybridized carbons (Fsp3) is 0.0303. The van der Waals surface area contributed by atoms with Crippen molar-refractivity contribution in [2.24, 2.45) is 25.6 Å². The third-order valence-corrected chi connectivity index (χ3v) is 7.20. The Balaban J connectivity index is 1.29. The van der Waals surface area contributed by atoms with Gasteiger partial charge in [0.25, 0.3) is 0 Å². The normalized spacial score (nSPS) is 13.8. The first-order chi connectivity index (χ1) is 22.5. The first-order valence-corrected chi connectivity index (χ1v) is 14.1. The van der Waals surface area contributed by atoms with E-state index in [4.69, 9.17) is 28.2 Å². The number of azo groups is 2. The Morgan fingerprint density at radius 2 is 1.43 bits per heavy atom. The topological polar surface area (TPSA) is 218 Å². The number of carboxylic acids is 2. The van der Waals surface area contributed by atoms with Crippen molar-refractivity contribution in [2.75, 3.05) is 16.9 Å². The molecule has 0 saturated heterocycles. The van der Waals surface area contributed by atoms with Crippen LogP contribution in [0, 0.1) is 6.92 Å². The number of hydrazone groups is 1. The Morgan fingerprint density at radius 1 is 0.766 bits per heavy atom. The van der Waals surface area contributed by atoms with Crippen molar-refractivity contribution >= 4 is 74.8 Å². The molecule has 0 aromatic heterocycles. The number of hydrogen-bond donors (Lipinski definition) is 5. The number of nitrogens with zero attached hydrogens (tertiary/aromatic N) is 5. The van der Waals surface area contributed by atoms with Gasteiger partial charge in [0.05, 0.1) is 39.0 Å². The van der Waals surface area contributed by atoms with Crippen LogP contribution >= 0.6 is 11.6 Å². The molecule has 13 nitrogen and oxygen atoms in total. The van der Waals surface area contributed by atoms with Gasteiger partial charge < -0.3 is 21.7 Å². The molecule has 0 atom stereocenters. The van der Waals surface area contributed by atoms with E-state index >= 15 is 0 Å². The molecule has 0 bridgehead atoms. The molecule has 0 heterocycles. The quantitative estimate of drug-likeness (QED) is 0.0393. The molecule has 4 aromatic carbocycles. The molecule has 1 aliphatic carbocycles. The van der Waals surface area contributed by atoms with Crippen molar-refractivity contribution < 1.29 is 24.6 Å². The SMILES string of the molecule is Cc1cc(N=Nc2ccc(-c3ccc(NN=C4C=CC(=O)C(C(=O)O)=C4)cc3)cc2)c(N)c(N=Nc2cc(C(=O)O)ccc2Cl)c1N. The van der Waals surface area contributed by atoms with E-state index < -0.39 is 17.7 Å². The first-order valence-electron chi connectivity index (χ1n) is 13.8. The summed E-state index contributed by atoms with van der Waals surface area (Å²) >= 11 is 6.16. The van der Waals surface area contributed by atoms with Crippen LogP contribution in [0.2, 0.25) is 5.02 Å². The molecule has 0 amide bonds. The lowest BCUT2D eigenvalue weighted by atomic mass is 10.0. The minimum atomic E-state index is -1.31. The number of carboxylic acid groups (broad SMARTS) is 2. The second kappa shape index (κ2) is 13.7. The van der Waals surface area contributed by atoms with Crippen LogP contribution in [-0.2, 0) is 9.59 Å². The molecule has 0 fully saturated rings. The number of aryl methyl sites for hydroxylation is 1. The van der Waals surface area contributed by atoms with Gasteiger partial charge in [-0.15, -0.1) is 15.3 Å². The van der Waals surface area contributed by atoms with Crippen LogP contribution in [0.3, 0.4) is 0 Å². The number of rotatable bonds is 9. The third-order valence-electron chi connectivity index (χ3n) is 6.88. The maximum absolute atomic E-state index is 11.6. The maximum Gasteiger partial charge on any atom is 0.339 e. The summed E-state index contributed by atoms with van der Waals surface area (Å²) in [4.78, 5) is 34.1. The lowest BCUT2D eigenvalue weighted by Gasteiger charge is -2.09. The number of aliphatic carboxylic acids is 1. The number of nitrogen functional groups attached to an aromatic ring is 2. The number of allylic oxidation sites excluding steroid dienone is 3. The largest absolute Gasteiger partial charge is 0.478 e. The van der Waals surface area contributed by atoms with Crippen molar-refractivity contribution in [3.63, 3.8) is 0 Å². The number of halogens is 1. The Labute approximate surface area is 272 Å². The second-order valence-electron chi connectivity index (χ2n) is 10.1. The highest BCUT2D eigenvalue weighted by Crippen LogP contribution is 2.41. The van der Waals surface area contributed by atoms with Gasteiger partial charge in [-0.1, -0.05) is 35.9 Å². The van der Waals surface area contributed by atoms with E-state index in [0.29, 0.717) is 28.3 Å². The second-order valence-corrected chi connectivity index (χ2v) is 10.5. The summed E-state index contributed by atoms with van der Waals surface area (Å²) in [6, 6.07) is 20.5. The summed E-state index contributed by atoms with van der Waals surface area (Å²) in [7, 11) is 0. The Kier molecular flexibility index (Phi) is 9.29. The zero-order chi connectivity index (χ0) is 33.7. The summed E-state index contributed by atoms with van der Waals surface area (Å²) in [5.41, 5.74) is 20.1. The van der Waals surface area contributed by atoms with Gasteiger partial charge in [0.2, 0.25) is 0 Å². The van der Waals surface area contributed by atoms with Gasteiger partial charge in [-0.2, -0.15) is 10.2 Å². The van der Waals surface area contributed by atoms with Crippen LogP contribution in [0.1, 0.15) is 15.9 Å². The van der Waals surface area contributed by atoms with Crippen LogP contribution in [0.5, 0.6) is 0 Å². The van der Waals surface area contributed by atoms with Crippen molar-refractivity contribution in [1.82, 2.24) is 0 Å². The number of benzene rings is 4. The average molecular weight is 649 g/mol. The zero-order valence-corrected chi connectivity index (χ0v) is 25.3. The van der Waals surface area contributed by atoms with Crippen molar-refractivity contribution in [3.05, 3.63) is 113 Å². The van der Waals surface area contributed by atoms with Gasteiger partial charge >= 0.3 is 11.9 Å². The van der Waals surface area contributed by atoms with E-state index in [-0.39, 0.29) is 38.9 Å². The van der Waals surface area contributed by atoms with Gasteiger partial charge in [-0.25, -0.2) is 9.59 Å². The molecular formula is C33H25ClN8O5. The number of nitrogens with two attached hydrogens (primary N) is 2. The van der Waals surface area contributed by atoms with Crippen LogP contribution in [-0.4, -0.2) is 33.6 Å². The molecule has 7 N–H and O–H groups in total. The number of aromatic carboxylic acids is 1. The predicted octanol–water partition coefficient (Wildman–Crippen LogP) is 7.93. The molecular weight excluding hydrogens is 624 g/mol. The van der Waals surface area contributed by atoms with E-state index in [0.717, 1.165) is 17.2 Å². The highest BCUT2D eigenvalue weighted by molar-refractivity contribution is 6.33. The van der Waals surface area contributed by atoms with Gasteiger partial charge in [0.15, 0.2) is 5.78 Å². The highest BCUT2D eigenvalue weighted by atomic mass is 35.5. The fourth-order valence-electron chi connectivity index (χ4n) is 4.28. The molecule has 47 heavy (non-hydrogen) atoms. The molecule has 0 radical (unpaired) electrons. The van der Waals surface area contributed by atoms with Crippen LogP contribution in [0.4, 0.5) is 39.8 Å². The maximum atomic E-state index is 11.6. The fourth-order valence-corrected chi connectivity index (χ4v) is 4.44. The summed E-state index contributed by atoms with van der Waals surface area (Å²) in [6.45, 7) is 1.76. The predicted molar refractivity (Wildman–Crippen MR) is 180 cm³/mol. The van der Waals surface area contributed by atoms with Gasteiger partial charge in [0, 0.05) is 0 Å². The molecule has 5 rings (SSSR count). The summed E-state index contributed by atoms with van der Waals surface area (Å²) < 4.78 is 0. The molecule has 4 aromatic rings. The average Bonchev–Trinajstić information content (AvgIpc) is 3.06. The summed E-state index contributed by atoms with van der Waals surface area (Å²) in [5, 5.41) is 39.6. The molecule has 0 aliphatic heterocycles. The van der Waals surface area contributed by atoms with Gasteiger partial charge in [0.1, 0.15) is 22.6 Å². The van der Waals surface area contributed by atoms with Crippen LogP contribution in [0.15, 0.2) is 122 Å². The monoisotopic (exact) mass is 648 g/mol. The van der Waals surface area contributed by atoms with Gasteiger partial charge in [-0.05, 0) is 90.4 Å². The van der Waals surface area contributed by atoms with Gasteiger partial charge in [-0.3, -0.25) is 10.2 Å². The first kappa shape index (κ1) is 31.9. The van der Waals surface area contributed by atoms with E-state index in [9.17, 15) is 19.5 Å². The number of carbonyl (C=O) groups is 3. The smallest absolute Gasteiger partial charge is 0.339 e. The van der Waals surface area contributed by atoms with Crippen molar-refractivity contribution in [3.8, 4) is 11.1 Å². The standard InChI is InChI=1S/C33H25ClN8O5/c1-17-14-27(30(36)31(29(17)35)42-40-26-15-20(32(44)45)6-12-25(26)34)41-38-22-9-4-19(5-10-22)18-2-7-21(8-3-18)37-39-23-11-13-28(43)24(16-23)33(46)47/h2-16,37H,35-36H2,1H3,(H,44,45)(H,46,47).